The molecule has 1 aromatic carbocycles. The predicted octanol–water partition coefficient (Wildman–Crippen LogP) is 3.14. The first-order chi connectivity index (χ1) is 11.2. The van der Waals surface area contributed by atoms with E-state index in [1.165, 1.54) is 6.08 Å². The van der Waals surface area contributed by atoms with Crippen LogP contribution in [-0.2, 0) is 11.3 Å². The van der Waals surface area contributed by atoms with Crippen LogP contribution in [0.5, 0.6) is 0 Å². The van der Waals surface area contributed by atoms with Crippen LogP contribution >= 0.6 is 0 Å². The molecule has 0 bridgehead atoms. The molecule has 0 aliphatic heterocycles. The highest BCUT2D eigenvalue weighted by Gasteiger charge is 2.07. The number of nitrogens with zero attached hydrogens (tertiary/aromatic N) is 3. The van der Waals surface area contributed by atoms with Gasteiger partial charge in [0.1, 0.15) is 5.76 Å². The van der Waals surface area contributed by atoms with Crippen molar-refractivity contribution in [1.82, 2.24) is 14.7 Å². The standard InChI is InChI=1S/C18H17N3O2/c1-20(14-17-8-5-11-23-17)18(22)10-9-15-12-19-21(13-15)16-6-3-2-4-7-16/h2-13H,14H2,1H3. The van der Waals surface area contributed by atoms with Gasteiger partial charge in [-0.25, -0.2) is 4.68 Å². The van der Waals surface area contributed by atoms with E-state index in [4.69, 9.17) is 4.42 Å². The molecule has 0 fully saturated rings. The number of furan rings is 1. The molecular formula is C18H17N3O2. The van der Waals surface area contributed by atoms with Gasteiger partial charge in [0.25, 0.3) is 0 Å². The van der Waals surface area contributed by atoms with Crippen LogP contribution < -0.4 is 0 Å². The average Bonchev–Trinajstić information content (AvgIpc) is 3.25. The topological polar surface area (TPSA) is 51.3 Å². The van der Waals surface area contributed by atoms with Gasteiger partial charge >= 0.3 is 0 Å². The fourth-order valence-electron chi connectivity index (χ4n) is 2.15. The lowest BCUT2D eigenvalue weighted by Crippen LogP contribution is -2.23. The fourth-order valence-corrected chi connectivity index (χ4v) is 2.15. The van der Waals surface area contributed by atoms with Crippen molar-refractivity contribution in [2.45, 2.75) is 6.54 Å². The first-order valence-electron chi connectivity index (χ1n) is 7.28. The summed E-state index contributed by atoms with van der Waals surface area (Å²) in [6, 6.07) is 13.5. The third kappa shape index (κ3) is 3.77. The van der Waals surface area contributed by atoms with Crippen LogP contribution in [0.2, 0.25) is 0 Å². The molecule has 5 nitrogen and oxygen atoms in total. The van der Waals surface area contributed by atoms with E-state index in [1.54, 1.807) is 35.2 Å². The van der Waals surface area contributed by atoms with E-state index in [2.05, 4.69) is 5.10 Å². The zero-order valence-corrected chi connectivity index (χ0v) is 12.8. The number of carbonyl (C=O) groups excluding carboxylic acids is 1. The normalized spacial score (nSPS) is 11.0. The van der Waals surface area contributed by atoms with Crippen molar-refractivity contribution in [2.24, 2.45) is 0 Å². The quantitative estimate of drug-likeness (QED) is 0.680. The summed E-state index contributed by atoms with van der Waals surface area (Å²) in [7, 11) is 1.74. The Kier molecular flexibility index (Phi) is 4.38. The van der Waals surface area contributed by atoms with Gasteiger partial charge in [-0.3, -0.25) is 4.79 Å². The minimum atomic E-state index is -0.0890. The van der Waals surface area contributed by atoms with E-state index in [1.807, 2.05) is 48.7 Å². The van der Waals surface area contributed by atoms with Crippen molar-refractivity contribution in [3.8, 4) is 5.69 Å². The molecule has 3 rings (SSSR count). The Balaban J connectivity index is 1.63. The molecule has 1 amide bonds. The van der Waals surface area contributed by atoms with E-state index >= 15 is 0 Å². The SMILES string of the molecule is CN(Cc1ccco1)C(=O)C=Cc1cnn(-c2ccccc2)c1. The molecule has 5 heteroatoms. The average molecular weight is 307 g/mol. The van der Waals surface area contributed by atoms with Crippen LogP contribution in [-0.4, -0.2) is 27.6 Å². The van der Waals surface area contributed by atoms with Gasteiger partial charge in [0.2, 0.25) is 5.91 Å². The van der Waals surface area contributed by atoms with Crippen LogP contribution in [0.1, 0.15) is 11.3 Å². The zero-order chi connectivity index (χ0) is 16.1. The Hall–Kier alpha value is -3.08. The Morgan fingerprint density at radius 3 is 2.83 bits per heavy atom. The molecule has 23 heavy (non-hydrogen) atoms. The number of carbonyl (C=O) groups is 1. The van der Waals surface area contributed by atoms with Gasteiger partial charge in [-0.05, 0) is 30.3 Å². The third-order valence-corrected chi connectivity index (χ3v) is 3.39. The van der Waals surface area contributed by atoms with E-state index in [9.17, 15) is 4.79 Å². The van der Waals surface area contributed by atoms with E-state index in [-0.39, 0.29) is 5.91 Å². The highest BCUT2D eigenvalue weighted by molar-refractivity contribution is 5.91. The van der Waals surface area contributed by atoms with E-state index < -0.39 is 0 Å². The number of hydrogen-bond acceptors (Lipinski definition) is 3. The maximum absolute atomic E-state index is 12.1. The second kappa shape index (κ2) is 6.79. The molecule has 0 aliphatic carbocycles. The second-order valence-corrected chi connectivity index (χ2v) is 5.16. The summed E-state index contributed by atoms with van der Waals surface area (Å²) in [6.45, 7) is 0.444. The molecule has 2 heterocycles. The Morgan fingerprint density at radius 1 is 1.26 bits per heavy atom. The molecule has 0 atom stereocenters. The first-order valence-corrected chi connectivity index (χ1v) is 7.28. The lowest BCUT2D eigenvalue weighted by atomic mass is 10.3. The number of rotatable bonds is 5. The summed E-state index contributed by atoms with van der Waals surface area (Å²) in [4.78, 5) is 13.7. The van der Waals surface area contributed by atoms with Crippen molar-refractivity contribution in [1.29, 1.82) is 0 Å². The number of hydrogen-bond donors (Lipinski definition) is 0. The van der Waals surface area contributed by atoms with Crippen LogP contribution in [0.25, 0.3) is 11.8 Å². The van der Waals surface area contributed by atoms with Crippen LogP contribution in [0.3, 0.4) is 0 Å². The molecule has 3 aromatic rings. The Bertz CT molecular complexity index is 789. The van der Waals surface area contributed by atoms with Gasteiger partial charge in [-0.2, -0.15) is 5.10 Å². The molecule has 2 aromatic heterocycles. The number of amides is 1. The summed E-state index contributed by atoms with van der Waals surface area (Å²) in [5.74, 6) is 0.667. The first kappa shape index (κ1) is 14.8. The second-order valence-electron chi connectivity index (χ2n) is 5.16. The van der Waals surface area contributed by atoms with Gasteiger partial charge in [-0.1, -0.05) is 18.2 Å². The molecule has 116 valence electrons. The van der Waals surface area contributed by atoms with Crippen molar-refractivity contribution < 1.29 is 9.21 Å². The van der Waals surface area contributed by atoms with Crippen molar-refractivity contribution >= 4 is 12.0 Å². The lowest BCUT2D eigenvalue weighted by molar-refractivity contribution is -0.125. The number of benzene rings is 1. The maximum Gasteiger partial charge on any atom is 0.246 e. The van der Waals surface area contributed by atoms with Crippen LogP contribution in [0, 0.1) is 0 Å². The number of aromatic nitrogens is 2. The van der Waals surface area contributed by atoms with Crippen molar-refractivity contribution in [3.63, 3.8) is 0 Å². The lowest BCUT2D eigenvalue weighted by Gasteiger charge is -2.12. The maximum atomic E-state index is 12.1. The smallest absolute Gasteiger partial charge is 0.246 e. The van der Waals surface area contributed by atoms with E-state index in [0.29, 0.717) is 6.54 Å². The third-order valence-electron chi connectivity index (χ3n) is 3.39. The summed E-state index contributed by atoms with van der Waals surface area (Å²) < 4.78 is 7.01. The predicted molar refractivity (Wildman–Crippen MR) is 87.8 cm³/mol. The summed E-state index contributed by atoms with van der Waals surface area (Å²) in [6.07, 6.45) is 8.50. The van der Waals surface area contributed by atoms with Crippen LogP contribution in [0.4, 0.5) is 0 Å². The summed E-state index contributed by atoms with van der Waals surface area (Å²) in [5.41, 5.74) is 1.85. The number of para-hydroxylation sites is 1. The van der Waals surface area contributed by atoms with Gasteiger partial charge in [0.15, 0.2) is 0 Å². The van der Waals surface area contributed by atoms with Crippen LogP contribution in [0.15, 0.2) is 71.6 Å². The minimum absolute atomic E-state index is 0.0890. The van der Waals surface area contributed by atoms with Gasteiger partial charge in [0.05, 0.1) is 24.7 Å². The molecule has 0 radical (unpaired) electrons. The number of likely N-dealkylation sites (N-methyl/N-ethyl adjacent to an activating group) is 1. The molecule has 0 aliphatic rings. The molecule has 0 saturated heterocycles. The monoisotopic (exact) mass is 307 g/mol. The molecule has 0 N–H and O–H groups in total. The van der Waals surface area contributed by atoms with E-state index in [0.717, 1.165) is 17.0 Å². The van der Waals surface area contributed by atoms with Gasteiger partial charge < -0.3 is 9.32 Å². The molecule has 0 unspecified atom stereocenters. The van der Waals surface area contributed by atoms with Gasteiger partial charge in [-0.15, -0.1) is 0 Å². The zero-order valence-electron chi connectivity index (χ0n) is 12.8. The summed E-state index contributed by atoms with van der Waals surface area (Å²) >= 11 is 0. The molecular weight excluding hydrogens is 290 g/mol. The van der Waals surface area contributed by atoms with Gasteiger partial charge in [0, 0.05) is 24.9 Å². The largest absolute Gasteiger partial charge is 0.467 e. The fraction of sp³-hybridized carbons (Fsp3) is 0.111. The van der Waals surface area contributed by atoms with Crippen molar-refractivity contribution in [2.75, 3.05) is 7.05 Å². The Labute approximate surface area is 134 Å². The Morgan fingerprint density at radius 2 is 2.09 bits per heavy atom. The highest BCUT2D eigenvalue weighted by atomic mass is 16.3. The molecule has 0 saturated carbocycles. The van der Waals surface area contributed by atoms with Crippen molar-refractivity contribution in [3.05, 3.63) is 78.5 Å². The highest BCUT2D eigenvalue weighted by Crippen LogP contribution is 2.09. The summed E-state index contributed by atoms with van der Waals surface area (Å²) in [5, 5.41) is 4.30. The minimum Gasteiger partial charge on any atom is -0.467 e. The molecule has 0 spiro atoms.